The van der Waals surface area contributed by atoms with Gasteiger partial charge in [-0.25, -0.2) is 4.99 Å². The first-order valence-corrected chi connectivity index (χ1v) is 9.32. The van der Waals surface area contributed by atoms with Gasteiger partial charge in [-0.1, -0.05) is 24.3 Å². The molecule has 0 unspecified atom stereocenters. The second kappa shape index (κ2) is 13.4. The number of ether oxygens (including phenoxy) is 1. The standard InChI is InChI=1S/C21H27N5O3.HI/c1-3-23-21(26-13-16-5-4-6-18(11-16)29-2)25-12-15-7-9-17(10-8-15)20(28)24-14-19(22)27;/h4-11H,3,12-14H2,1-2H3,(H2,22,27)(H,24,28)(H2,23,25,26);1H. The van der Waals surface area contributed by atoms with Crippen molar-refractivity contribution in [2.75, 3.05) is 20.2 Å². The van der Waals surface area contributed by atoms with Gasteiger partial charge in [0.25, 0.3) is 5.91 Å². The van der Waals surface area contributed by atoms with Crippen LogP contribution in [0.5, 0.6) is 5.75 Å². The van der Waals surface area contributed by atoms with Gasteiger partial charge >= 0.3 is 0 Å². The zero-order valence-corrected chi connectivity index (χ0v) is 19.4. The highest BCUT2D eigenvalue weighted by Gasteiger charge is 2.06. The third kappa shape index (κ3) is 8.68. The summed E-state index contributed by atoms with van der Waals surface area (Å²) in [5, 5.41) is 8.94. The summed E-state index contributed by atoms with van der Waals surface area (Å²) in [4.78, 5) is 27.2. The van der Waals surface area contributed by atoms with Crippen LogP contribution in [0.15, 0.2) is 53.5 Å². The van der Waals surface area contributed by atoms with Crippen molar-refractivity contribution in [2.45, 2.75) is 20.0 Å². The van der Waals surface area contributed by atoms with Gasteiger partial charge in [-0.05, 0) is 42.3 Å². The van der Waals surface area contributed by atoms with Crippen molar-refractivity contribution in [3.8, 4) is 5.75 Å². The minimum Gasteiger partial charge on any atom is -0.497 e. The number of nitrogens with zero attached hydrogens (tertiary/aromatic N) is 1. The summed E-state index contributed by atoms with van der Waals surface area (Å²) in [7, 11) is 1.64. The predicted molar refractivity (Wildman–Crippen MR) is 128 cm³/mol. The van der Waals surface area contributed by atoms with Gasteiger partial charge in [0.1, 0.15) is 5.75 Å². The molecule has 0 heterocycles. The van der Waals surface area contributed by atoms with Crippen LogP contribution in [-0.2, 0) is 17.9 Å². The molecule has 0 atom stereocenters. The molecule has 0 aliphatic rings. The summed E-state index contributed by atoms with van der Waals surface area (Å²) in [6, 6.07) is 14.9. The predicted octanol–water partition coefficient (Wildman–Crippen LogP) is 1.78. The maximum absolute atomic E-state index is 11.9. The molecule has 2 aromatic carbocycles. The topological polar surface area (TPSA) is 118 Å². The molecule has 8 nitrogen and oxygen atoms in total. The Morgan fingerprint density at radius 1 is 1.03 bits per heavy atom. The molecule has 0 fully saturated rings. The molecule has 9 heteroatoms. The van der Waals surface area contributed by atoms with E-state index in [-0.39, 0.29) is 36.4 Å². The normalized spacial score (nSPS) is 10.5. The highest BCUT2D eigenvalue weighted by molar-refractivity contribution is 14.0. The van der Waals surface area contributed by atoms with Gasteiger partial charge in [-0.3, -0.25) is 9.59 Å². The van der Waals surface area contributed by atoms with Gasteiger partial charge in [0, 0.05) is 18.7 Å². The Morgan fingerprint density at radius 3 is 2.40 bits per heavy atom. The number of nitrogens with two attached hydrogens (primary N) is 1. The third-order valence-electron chi connectivity index (χ3n) is 4.00. The van der Waals surface area contributed by atoms with E-state index in [9.17, 15) is 9.59 Å². The summed E-state index contributed by atoms with van der Waals surface area (Å²) in [5.41, 5.74) is 7.53. The average Bonchev–Trinajstić information content (AvgIpc) is 2.74. The number of guanidine groups is 1. The number of hydrogen-bond donors (Lipinski definition) is 4. The number of primary amides is 1. The Morgan fingerprint density at radius 2 is 1.77 bits per heavy atom. The van der Waals surface area contributed by atoms with E-state index in [1.807, 2.05) is 43.3 Å². The first kappa shape index (κ1) is 25.2. The molecule has 0 aromatic heterocycles. The van der Waals surface area contributed by atoms with E-state index in [1.165, 1.54) is 0 Å². The Hall–Kier alpha value is -2.82. The van der Waals surface area contributed by atoms with Crippen LogP contribution >= 0.6 is 24.0 Å². The van der Waals surface area contributed by atoms with Gasteiger partial charge < -0.3 is 26.4 Å². The molecular formula is C21H28IN5O3. The number of nitrogens with one attached hydrogen (secondary N) is 3. The molecule has 2 aromatic rings. The van der Waals surface area contributed by atoms with Crippen molar-refractivity contribution in [3.05, 3.63) is 65.2 Å². The number of methoxy groups -OCH3 is 1. The van der Waals surface area contributed by atoms with Crippen molar-refractivity contribution in [2.24, 2.45) is 10.7 Å². The van der Waals surface area contributed by atoms with Gasteiger partial charge in [0.2, 0.25) is 5.91 Å². The quantitative estimate of drug-likeness (QED) is 0.226. The van der Waals surface area contributed by atoms with Crippen LogP contribution in [0.1, 0.15) is 28.4 Å². The van der Waals surface area contributed by atoms with Crippen LogP contribution < -0.4 is 26.4 Å². The lowest BCUT2D eigenvalue weighted by molar-refractivity contribution is -0.117. The summed E-state index contributed by atoms with van der Waals surface area (Å²) >= 11 is 0. The van der Waals surface area contributed by atoms with E-state index >= 15 is 0 Å². The number of hydrogen-bond acceptors (Lipinski definition) is 4. The highest BCUT2D eigenvalue weighted by atomic mass is 127. The molecule has 0 saturated carbocycles. The van der Waals surface area contributed by atoms with E-state index in [0.29, 0.717) is 24.6 Å². The largest absolute Gasteiger partial charge is 0.497 e. The van der Waals surface area contributed by atoms with Gasteiger partial charge in [0.15, 0.2) is 5.96 Å². The van der Waals surface area contributed by atoms with Crippen molar-refractivity contribution < 1.29 is 14.3 Å². The molecule has 0 aliphatic carbocycles. The van der Waals surface area contributed by atoms with E-state index < -0.39 is 5.91 Å². The third-order valence-corrected chi connectivity index (χ3v) is 4.00. The lowest BCUT2D eigenvalue weighted by Gasteiger charge is -2.12. The summed E-state index contributed by atoms with van der Waals surface area (Å²) in [6.07, 6.45) is 0. The van der Waals surface area contributed by atoms with Gasteiger partial charge in [-0.15, -0.1) is 24.0 Å². The van der Waals surface area contributed by atoms with Crippen LogP contribution in [0.2, 0.25) is 0 Å². The number of amides is 2. The van der Waals surface area contributed by atoms with E-state index in [0.717, 1.165) is 23.4 Å². The molecule has 2 rings (SSSR count). The number of aliphatic imine (C=N–C) groups is 1. The van der Waals surface area contributed by atoms with Crippen LogP contribution in [0.3, 0.4) is 0 Å². The molecule has 0 aliphatic heterocycles. The lowest BCUT2D eigenvalue weighted by atomic mass is 10.1. The fourth-order valence-corrected chi connectivity index (χ4v) is 2.51. The van der Waals surface area contributed by atoms with Crippen molar-refractivity contribution in [1.29, 1.82) is 0 Å². The molecule has 0 spiro atoms. The molecule has 0 radical (unpaired) electrons. The number of benzene rings is 2. The summed E-state index contributed by atoms with van der Waals surface area (Å²) < 4.78 is 5.24. The SMILES string of the molecule is CCNC(=NCc1cccc(OC)c1)NCc1ccc(C(=O)NCC(N)=O)cc1.I. The zero-order chi connectivity index (χ0) is 21.1. The van der Waals surface area contributed by atoms with Crippen LogP contribution in [-0.4, -0.2) is 38.0 Å². The fourth-order valence-electron chi connectivity index (χ4n) is 2.51. The first-order valence-electron chi connectivity index (χ1n) is 9.32. The van der Waals surface area contributed by atoms with Crippen LogP contribution in [0, 0.1) is 0 Å². The molecule has 0 saturated heterocycles. The molecule has 30 heavy (non-hydrogen) atoms. The number of carbonyl (C=O) groups excluding carboxylic acids is 2. The number of carbonyl (C=O) groups is 2. The first-order chi connectivity index (χ1) is 14.0. The zero-order valence-electron chi connectivity index (χ0n) is 17.1. The molecule has 5 N–H and O–H groups in total. The fraction of sp³-hybridized carbons (Fsp3) is 0.286. The molecule has 0 bridgehead atoms. The molecular weight excluding hydrogens is 497 g/mol. The Bertz CT molecular complexity index is 856. The van der Waals surface area contributed by atoms with E-state index in [4.69, 9.17) is 10.5 Å². The van der Waals surface area contributed by atoms with Crippen molar-refractivity contribution >= 4 is 41.8 Å². The second-order valence-corrected chi connectivity index (χ2v) is 6.25. The summed E-state index contributed by atoms with van der Waals surface area (Å²) in [5.74, 6) is 0.578. The Labute approximate surface area is 193 Å². The van der Waals surface area contributed by atoms with Gasteiger partial charge in [0.05, 0.1) is 20.2 Å². The summed E-state index contributed by atoms with van der Waals surface area (Å²) in [6.45, 7) is 3.63. The maximum Gasteiger partial charge on any atom is 0.251 e. The Balaban J connectivity index is 0.00000450. The highest BCUT2D eigenvalue weighted by Crippen LogP contribution is 2.13. The number of halogens is 1. The second-order valence-electron chi connectivity index (χ2n) is 6.25. The maximum atomic E-state index is 11.9. The Kier molecular flexibility index (Phi) is 11.3. The van der Waals surface area contributed by atoms with Crippen LogP contribution in [0.25, 0.3) is 0 Å². The number of rotatable bonds is 9. The van der Waals surface area contributed by atoms with E-state index in [2.05, 4.69) is 20.9 Å². The van der Waals surface area contributed by atoms with Gasteiger partial charge in [-0.2, -0.15) is 0 Å². The minimum atomic E-state index is -0.580. The lowest BCUT2D eigenvalue weighted by Crippen LogP contribution is -2.36. The molecule has 2 amide bonds. The average molecular weight is 525 g/mol. The minimum absolute atomic E-state index is 0. The van der Waals surface area contributed by atoms with Crippen molar-refractivity contribution in [3.63, 3.8) is 0 Å². The smallest absolute Gasteiger partial charge is 0.251 e. The van der Waals surface area contributed by atoms with Crippen molar-refractivity contribution in [1.82, 2.24) is 16.0 Å². The monoisotopic (exact) mass is 525 g/mol. The van der Waals surface area contributed by atoms with Crippen LogP contribution in [0.4, 0.5) is 0 Å². The molecule has 162 valence electrons. The van der Waals surface area contributed by atoms with E-state index in [1.54, 1.807) is 19.2 Å².